The minimum absolute atomic E-state index is 0.319. The number of nitrogens with zero attached hydrogens (tertiary/aromatic N) is 3. The van der Waals surface area contributed by atoms with E-state index >= 15 is 0 Å². The Morgan fingerprint density at radius 2 is 2.00 bits per heavy atom. The van der Waals surface area contributed by atoms with Crippen LogP contribution in [0.25, 0.3) is 0 Å². The maximum atomic E-state index is 4.58. The van der Waals surface area contributed by atoms with Gasteiger partial charge in [0, 0.05) is 38.8 Å². The molecule has 4 nitrogen and oxygen atoms in total. The van der Waals surface area contributed by atoms with Crippen LogP contribution in [-0.4, -0.2) is 49.7 Å². The van der Waals surface area contributed by atoms with Crippen molar-refractivity contribution in [1.29, 1.82) is 0 Å². The van der Waals surface area contributed by atoms with Gasteiger partial charge in [0.1, 0.15) is 0 Å². The van der Waals surface area contributed by atoms with Gasteiger partial charge in [-0.3, -0.25) is 9.88 Å². The number of rotatable bonds is 5. The molecular formula is C16H26N4. The average molecular weight is 274 g/mol. The molecule has 4 heteroatoms. The van der Waals surface area contributed by atoms with E-state index in [1.165, 1.54) is 38.2 Å². The summed E-state index contributed by atoms with van der Waals surface area (Å²) >= 11 is 0. The molecule has 2 heterocycles. The first-order valence-electron chi connectivity index (χ1n) is 7.87. The van der Waals surface area contributed by atoms with Crippen LogP contribution in [-0.2, 0) is 0 Å². The zero-order valence-corrected chi connectivity index (χ0v) is 12.7. The third-order valence-electron chi connectivity index (χ3n) is 4.60. The van der Waals surface area contributed by atoms with Crippen molar-refractivity contribution < 1.29 is 0 Å². The van der Waals surface area contributed by atoms with Gasteiger partial charge in [-0.2, -0.15) is 0 Å². The summed E-state index contributed by atoms with van der Waals surface area (Å²) < 4.78 is 0. The summed E-state index contributed by atoms with van der Waals surface area (Å²) in [7, 11) is 1.97. The van der Waals surface area contributed by atoms with Crippen LogP contribution < -0.4 is 10.2 Å². The van der Waals surface area contributed by atoms with Crippen molar-refractivity contribution in [3.63, 3.8) is 0 Å². The van der Waals surface area contributed by atoms with Gasteiger partial charge in [-0.15, -0.1) is 0 Å². The van der Waals surface area contributed by atoms with E-state index in [1.54, 1.807) is 0 Å². The fraction of sp³-hybridized carbons (Fsp3) is 0.688. The predicted octanol–water partition coefficient (Wildman–Crippen LogP) is 1.89. The quantitative estimate of drug-likeness (QED) is 0.888. The highest BCUT2D eigenvalue weighted by molar-refractivity contribution is 5.45. The molecule has 0 amide bonds. The number of anilines is 1. The Hall–Kier alpha value is -1.13. The summed E-state index contributed by atoms with van der Waals surface area (Å²) in [6, 6.07) is 4.68. The minimum Gasteiger partial charge on any atom is -0.368 e. The van der Waals surface area contributed by atoms with Crippen LogP contribution in [0, 0.1) is 5.92 Å². The van der Waals surface area contributed by atoms with E-state index in [-0.39, 0.29) is 0 Å². The van der Waals surface area contributed by atoms with Gasteiger partial charge in [0.05, 0.1) is 17.6 Å². The lowest BCUT2D eigenvalue weighted by atomic mass is 10.2. The standard InChI is InChI=1S/C16H26N4/c1-13(17-2)16-6-5-15(11-18-16)20-9-7-19(8-10-20)12-14-3-4-14/h5-6,11,13-14,17H,3-4,7-10,12H2,1-2H3. The zero-order valence-electron chi connectivity index (χ0n) is 12.7. The molecule has 1 unspecified atom stereocenters. The zero-order chi connectivity index (χ0) is 13.9. The minimum atomic E-state index is 0.319. The van der Waals surface area contributed by atoms with Crippen LogP contribution in [0.5, 0.6) is 0 Å². The topological polar surface area (TPSA) is 31.4 Å². The van der Waals surface area contributed by atoms with E-state index in [9.17, 15) is 0 Å². The monoisotopic (exact) mass is 274 g/mol. The van der Waals surface area contributed by atoms with Crippen molar-refractivity contribution >= 4 is 5.69 Å². The lowest BCUT2D eigenvalue weighted by Gasteiger charge is -2.36. The van der Waals surface area contributed by atoms with E-state index in [4.69, 9.17) is 0 Å². The van der Waals surface area contributed by atoms with E-state index in [0.717, 1.165) is 24.7 Å². The van der Waals surface area contributed by atoms with Gasteiger partial charge in [-0.25, -0.2) is 0 Å². The summed E-state index contributed by atoms with van der Waals surface area (Å²) in [4.78, 5) is 9.67. The van der Waals surface area contributed by atoms with Gasteiger partial charge < -0.3 is 10.2 Å². The molecular weight excluding hydrogens is 248 g/mol. The van der Waals surface area contributed by atoms with Crippen molar-refractivity contribution in [3.8, 4) is 0 Å². The van der Waals surface area contributed by atoms with Crippen molar-refractivity contribution in [2.45, 2.75) is 25.8 Å². The van der Waals surface area contributed by atoms with E-state index in [2.05, 4.69) is 39.2 Å². The van der Waals surface area contributed by atoms with Crippen LogP contribution in [0.4, 0.5) is 5.69 Å². The third-order valence-corrected chi connectivity index (χ3v) is 4.60. The van der Waals surface area contributed by atoms with Gasteiger partial charge >= 0.3 is 0 Å². The van der Waals surface area contributed by atoms with Gasteiger partial charge in [-0.1, -0.05) is 0 Å². The number of nitrogens with one attached hydrogen (secondary N) is 1. The number of hydrogen-bond donors (Lipinski definition) is 1. The van der Waals surface area contributed by atoms with Crippen molar-refractivity contribution in [1.82, 2.24) is 15.2 Å². The van der Waals surface area contributed by atoms with Crippen LogP contribution in [0.3, 0.4) is 0 Å². The lowest BCUT2D eigenvalue weighted by molar-refractivity contribution is 0.248. The highest BCUT2D eigenvalue weighted by Crippen LogP contribution is 2.30. The van der Waals surface area contributed by atoms with Crippen molar-refractivity contribution in [2.24, 2.45) is 5.92 Å². The summed E-state index contributed by atoms with van der Waals surface area (Å²) in [5.41, 5.74) is 2.38. The molecule has 0 radical (unpaired) electrons. The first-order valence-corrected chi connectivity index (χ1v) is 7.87. The van der Waals surface area contributed by atoms with E-state index < -0.39 is 0 Å². The molecule has 110 valence electrons. The molecule has 1 saturated heterocycles. The Morgan fingerprint density at radius 3 is 2.55 bits per heavy atom. The Bertz CT molecular complexity index is 419. The maximum Gasteiger partial charge on any atom is 0.0571 e. The highest BCUT2D eigenvalue weighted by Gasteiger charge is 2.26. The van der Waals surface area contributed by atoms with Crippen LogP contribution in [0.2, 0.25) is 0 Å². The van der Waals surface area contributed by atoms with Crippen molar-refractivity contribution in [3.05, 3.63) is 24.0 Å². The van der Waals surface area contributed by atoms with Gasteiger partial charge in [0.15, 0.2) is 0 Å². The van der Waals surface area contributed by atoms with E-state index in [0.29, 0.717) is 6.04 Å². The van der Waals surface area contributed by atoms with Gasteiger partial charge in [0.25, 0.3) is 0 Å². The molecule has 2 aliphatic rings. The van der Waals surface area contributed by atoms with Gasteiger partial charge in [-0.05, 0) is 44.9 Å². The molecule has 20 heavy (non-hydrogen) atoms. The highest BCUT2D eigenvalue weighted by atomic mass is 15.3. The summed E-state index contributed by atoms with van der Waals surface area (Å²) in [6.07, 6.45) is 4.93. The third kappa shape index (κ3) is 3.30. The first kappa shape index (κ1) is 13.8. The number of hydrogen-bond acceptors (Lipinski definition) is 4. The number of pyridine rings is 1. The Morgan fingerprint density at radius 1 is 1.25 bits per heavy atom. The predicted molar refractivity (Wildman–Crippen MR) is 83.1 cm³/mol. The summed E-state index contributed by atoms with van der Waals surface area (Å²) in [5.74, 6) is 1.01. The Balaban J connectivity index is 1.54. The van der Waals surface area contributed by atoms with E-state index in [1.807, 2.05) is 13.2 Å². The molecule has 0 bridgehead atoms. The summed E-state index contributed by atoms with van der Waals surface area (Å²) in [5, 5.41) is 3.23. The molecule has 2 fully saturated rings. The molecule has 1 aromatic rings. The number of aromatic nitrogens is 1. The lowest BCUT2D eigenvalue weighted by Crippen LogP contribution is -2.47. The molecule has 1 atom stereocenters. The maximum absolute atomic E-state index is 4.58. The van der Waals surface area contributed by atoms with Crippen LogP contribution in [0.1, 0.15) is 31.5 Å². The Kier molecular flexibility index (Phi) is 4.22. The number of piperazine rings is 1. The molecule has 3 rings (SSSR count). The SMILES string of the molecule is CNC(C)c1ccc(N2CCN(CC3CC3)CC2)cn1. The second-order valence-electron chi connectivity index (χ2n) is 6.18. The molecule has 1 aliphatic carbocycles. The normalized spacial score (nSPS) is 22.0. The van der Waals surface area contributed by atoms with Crippen LogP contribution in [0.15, 0.2) is 18.3 Å². The Labute approximate surface area is 122 Å². The summed E-state index contributed by atoms with van der Waals surface area (Å²) in [6.45, 7) is 8.13. The second kappa shape index (κ2) is 6.10. The molecule has 1 saturated carbocycles. The van der Waals surface area contributed by atoms with Gasteiger partial charge in [0.2, 0.25) is 0 Å². The fourth-order valence-electron chi connectivity index (χ4n) is 2.84. The smallest absolute Gasteiger partial charge is 0.0571 e. The van der Waals surface area contributed by atoms with Crippen molar-refractivity contribution in [2.75, 3.05) is 44.7 Å². The second-order valence-corrected chi connectivity index (χ2v) is 6.18. The molecule has 0 spiro atoms. The van der Waals surface area contributed by atoms with Crippen LogP contribution >= 0.6 is 0 Å². The first-order chi connectivity index (χ1) is 9.76. The molecule has 1 N–H and O–H groups in total. The average Bonchev–Trinajstić information content (AvgIpc) is 3.31. The molecule has 1 aliphatic heterocycles. The largest absolute Gasteiger partial charge is 0.368 e. The molecule has 1 aromatic heterocycles. The fourth-order valence-corrected chi connectivity index (χ4v) is 2.84. The molecule has 0 aromatic carbocycles.